The Morgan fingerprint density at radius 2 is 1.69 bits per heavy atom. The first kappa shape index (κ1) is 17.5. The van der Waals surface area contributed by atoms with Gasteiger partial charge >= 0.3 is 0 Å². The Morgan fingerprint density at radius 1 is 0.923 bits per heavy atom. The van der Waals surface area contributed by atoms with E-state index in [9.17, 15) is 4.79 Å². The first-order chi connectivity index (χ1) is 12.5. The highest BCUT2D eigenvalue weighted by Crippen LogP contribution is 2.25. The van der Waals surface area contributed by atoms with Crippen molar-refractivity contribution in [1.29, 1.82) is 0 Å². The fraction of sp³-hybridized carbons (Fsp3) is 0.143. The molecule has 0 atom stereocenters. The molecule has 1 heterocycles. The first-order valence-electron chi connectivity index (χ1n) is 8.22. The van der Waals surface area contributed by atoms with Gasteiger partial charge in [-0.05, 0) is 43.7 Å². The summed E-state index contributed by atoms with van der Waals surface area (Å²) in [4.78, 5) is 16.8. The zero-order chi connectivity index (χ0) is 18.5. The van der Waals surface area contributed by atoms with Gasteiger partial charge < -0.3 is 14.8 Å². The molecule has 132 valence electrons. The zero-order valence-corrected chi connectivity index (χ0v) is 14.9. The minimum absolute atomic E-state index is 0.215. The second kappa shape index (κ2) is 7.70. The van der Waals surface area contributed by atoms with Crippen molar-refractivity contribution in [3.8, 4) is 17.4 Å². The number of ether oxygens (including phenoxy) is 2. The van der Waals surface area contributed by atoms with Crippen LogP contribution < -0.4 is 14.8 Å². The van der Waals surface area contributed by atoms with Crippen LogP contribution in [0.2, 0.25) is 0 Å². The number of hydrogen-bond donors (Lipinski definition) is 1. The third kappa shape index (κ3) is 4.39. The maximum absolute atomic E-state index is 12.5. The fourth-order valence-electron chi connectivity index (χ4n) is 2.40. The SMILES string of the molecule is COc1cc(Oc2cccc(C)c2)nc(C(=O)Nc2ccc(C)cc2)c1. The van der Waals surface area contributed by atoms with Gasteiger partial charge in [0.25, 0.3) is 5.91 Å². The van der Waals surface area contributed by atoms with Crippen molar-refractivity contribution in [2.75, 3.05) is 12.4 Å². The molecule has 0 saturated heterocycles. The summed E-state index contributed by atoms with van der Waals surface area (Å²) < 4.78 is 11.1. The van der Waals surface area contributed by atoms with E-state index in [1.807, 2.05) is 62.4 Å². The number of nitrogens with one attached hydrogen (secondary N) is 1. The summed E-state index contributed by atoms with van der Waals surface area (Å²) in [7, 11) is 1.54. The lowest BCUT2D eigenvalue weighted by Gasteiger charge is -2.10. The number of aromatic nitrogens is 1. The largest absolute Gasteiger partial charge is 0.496 e. The standard InChI is InChI=1S/C21H20N2O3/c1-14-7-9-16(10-8-14)22-21(24)19-12-18(25-3)13-20(23-19)26-17-6-4-5-15(2)11-17/h4-13H,1-3H3,(H,22,24). The van der Waals surface area contributed by atoms with E-state index < -0.39 is 0 Å². The van der Waals surface area contributed by atoms with E-state index >= 15 is 0 Å². The molecule has 5 heteroatoms. The van der Waals surface area contributed by atoms with Gasteiger partial charge in [-0.3, -0.25) is 4.79 Å². The van der Waals surface area contributed by atoms with Gasteiger partial charge in [-0.1, -0.05) is 29.8 Å². The van der Waals surface area contributed by atoms with E-state index in [0.717, 1.165) is 11.1 Å². The molecule has 1 aromatic heterocycles. The summed E-state index contributed by atoms with van der Waals surface area (Å²) in [6, 6.07) is 18.4. The van der Waals surface area contributed by atoms with Crippen molar-refractivity contribution in [2.45, 2.75) is 13.8 Å². The van der Waals surface area contributed by atoms with Crippen molar-refractivity contribution in [2.24, 2.45) is 0 Å². The van der Waals surface area contributed by atoms with Crippen LogP contribution in [-0.2, 0) is 0 Å². The Morgan fingerprint density at radius 3 is 2.38 bits per heavy atom. The average Bonchev–Trinajstić information content (AvgIpc) is 2.63. The minimum Gasteiger partial charge on any atom is -0.496 e. The number of carbonyl (C=O) groups excluding carboxylic acids is 1. The van der Waals surface area contributed by atoms with E-state index in [2.05, 4.69) is 10.3 Å². The number of pyridine rings is 1. The van der Waals surface area contributed by atoms with Crippen LogP contribution in [0.3, 0.4) is 0 Å². The summed E-state index contributed by atoms with van der Waals surface area (Å²) in [6.07, 6.45) is 0. The number of carbonyl (C=O) groups is 1. The number of rotatable bonds is 5. The van der Waals surface area contributed by atoms with Gasteiger partial charge in [0.2, 0.25) is 5.88 Å². The molecular weight excluding hydrogens is 328 g/mol. The summed E-state index contributed by atoms with van der Waals surface area (Å²) in [5, 5.41) is 2.82. The van der Waals surface area contributed by atoms with Crippen molar-refractivity contribution < 1.29 is 14.3 Å². The Hall–Kier alpha value is -3.34. The molecule has 3 rings (SSSR count). The highest BCUT2D eigenvalue weighted by Gasteiger charge is 2.13. The van der Waals surface area contributed by atoms with Crippen LogP contribution in [0, 0.1) is 13.8 Å². The van der Waals surface area contributed by atoms with E-state index in [1.54, 1.807) is 12.1 Å². The molecule has 0 spiro atoms. The molecule has 26 heavy (non-hydrogen) atoms. The predicted molar refractivity (Wildman–Crippen MR) is 101 cm³/mol. The molecule has 1 N–H and O–H groups in total. The van der Waals surface area contributed by atoms with Crippen molar-refractivity contribution in [3.63, 3.8) is 0 Å². The number of anilines is 1. The second-order valence-electron chi connectivity index (χ2n) is 5.97. The van der Waals surface area contributed by atoms with Gasteiger partial charge in [0.15, 0.2) is 0 Å². The Labute approximate surface area is 152 Å². The molecular formula is C21H20N2O3. The second-order valence-corrected chi connectivity index (χ2v) is 5.97. The van der Waals surface area contributed by atoms with E-state index in [0.29, 0.717) is 23.1 Å². The fourth-order valence-corrected chi connectivity index (χ4v) is 2.40. The van der Waals surface area contributed by atoms with Crippen LogP contribution >= 0.6 is 0 Å². The minimum atomic E-state index is -0.332. The average molecular weight is 348 g/mol. The zero-order valence-electron chi connectivity index (χ0n) is 14.9. The molecule has 0 aliphatic rings. The molecule has 0 bridgehead atoms. The van der Waals surface area contributed by atoms with E-state index in [4.69, 9.17) is 9.47 Å². The maximum atomic E-state index is 12.5. The van der Waals surface area contributed by atoms with Gasteiger partial charge in [-0.2, -0.15) is 0 Å². The highest BCUT2D eigenvalue weighted by molar-refractivity contribution is 6.03. The topological polar surface area (TPSA) is 60.5 Å². The summed E-state index contributed by atoms with van der Waals surface area (Å²) in [5.74, 6) is 1.11. The number of nitrogens with zero attached hydrogens (tertiary/aromatic N) is 1. The van der Waals surface area contributed by atoms with Crippen LogP contribution in [0.4, 0.5) is 5.69 Å². The van der Waals surface area contributed by atoms with Crippen LogP contribution in [0.5, 0.6) is 17.4 Å². The van der Waals surface area contributed by atoms with Gasteiger partial charge in [-0.25, -0.2) is 4.98 Å². The lowest BCUT2D eigenvalue weighted by Crippen LogP contribution is -2.14. The molecule has 0 fully saturated rings. The predicted octanol–water partition coefficient (Wildman–Crippen LogP) is 4.75. The smallest absolute Gasteiger partial charge is 0.274 e. The Kier molecular flexibility index (Phi) is 5.17. The normalized spacial score (nSPS) is 10.3. The van der Waals surface area contributed by atoms with Crippen LogP contribution in [0.25, 0.3) is 0 Å². The van der Waals surface area contributed by atoms with Gasteiger partial charge in [-0.15, -0.1) is 0 Å². The Balaban J connectivity index is 1.84. The molecule has 0 aliphatic heterocycles. The van der Waals surface area contributed by atoms with Gasteiger partial charge in [0.05, 0.1) is 7.11 Å². The summed E-state index contributed by atoms with van der Waals surface area (Å²) >= 11 is 0. The monoisotopic (exact) mass is 348 g/mol. The number of hydrogen-bond acceptors (Lipinski definition) is 4. The summed E-state index contributed by atoms with van der Waals surface area (Å²) in [6.45, 7) is 3.97. The molecule has 2 aromatic carbocycles. The number of aryl methyl sites for hydroxylation is 2. The van der Waals surface area contributed by atoms with Gasteiger partial charge in [0, 0.05) is 17.8 Å². The summed E-state index contributed by atoms with van der Waals surface area (Å²) in [5.41, 5.74) is 3.11. The van der Waals surface area contributed by atoms with Crippen molar-refractivity contribution in [3.05, 3.63) is 77.5 Å². The van der Waals surface area contributed by atoms with Crippen molar-refractivity contribution >= 4 is 11.6 Å². The molecule has 1 amide bonds. The highest BCUT2D eigenvalue weighted by atomic mass is 16.5. The quantitative estimate of drug-likeness (QED) is 0.723. The first-order valence-corrected chi connectivity index (χ1v) is 8.22. The Bertz CT molecular complexity index is 921. The van der Waals surface area contributed by atoms with Crippen LogP contribution in [0.15, 0.2) is 60.7 Å². The third-order valence-electron chi connectivity index (χ3n) is 3.77. The molecule has 3 aromatic rings. The maximum Gasteiger partial charge on any atom is 0.274 e. The lowest BCUT2D eigenvalue weighted by molar-refractivity contribution is 0.102. The van der Waals surface area contributed by atoms with E-state index in [1.165, 1.54) is 7.11 Å². The molecule has 0 unspecified atom stereocenters. The molecule has 0 aliphatic carbocycles. The van der Waals surface area contributed by atoms with Gasteiger partial charge in [0.1, 0.15) is 17.2 Å². The molecule has 0 radical (unpaired) electrons. The lowest BCUT2D eigenvalue weighted by atomic mass is 10.2. The molecule has 0 saturated carbocycles. The van der Waals surface area contributed by atoms with Crippen molar-refractivity contribution in [1.82, 2.24) is 4.98 Å². The number of methoxy groups -OCH3 is 1. The number of benzene rings is 2. The van der Waals surface area contributed by atoms with Crippen LogP contribution in [0.1, 0.15) is 21.6 Å². The third-order valence-corrected chi connectivity index (χ3v) is 3.77. The van der Waals surface area contributed by atoms with Crippen LogP contribution in [-0.4, -0.2) is 18.0 Å². The number of amides is 1. The van der Waals surface area contributed by atoms with E-state index in [-0.39, 0.29) is 11.6 Å². The molecule has 5 nitrogen and oxygen atoms in total.